The van der Waals surface area contributed by atoms with Gasteiger partial charge in [0, 0.05) is 44.1 Å². The second kappa shape index (κ2) is 17.1. The Hall–Kier alpha value is -3.96. The van der Waals surface area contributed by atoms with Crippen molar-refractivity contribution in [2.75, 3.05) is 31.6 Å². The van der Waals surface area contributed by atoms with E-state index in [4.69, 9.17) is 14.6 Å². The van der Waals surface area contributed by atoms with E-state index in [1.165, 1.54) is 23.8 Å². The maximum Gasteiger partial charge on any atom is 0.309 e. The maximum absolute atomic E-state index is 14.5. The zero-order chi connectivity index (χ0) is 33.1. The van der Waals surface area contributed by atoms with E-state index in [1.807, 2.05) is 61.2 Å². The van der Waals surface area contributed by atoms with Gasteiger partial charge >= 0.3 is 5.97 Å². The highest BCUT2D eigenvalue weighted by molar-refractivity contribution is 9.10. The lowest BCUT2D eigenvalue weighted by molar-refractivity contribution is -0.147. The summed E-state index contributed by atoms with van der Waals surface area (Å²) in [5.41, 5.74) is 4.31. The van der Waals surface area contributed by atoms with Gasteiger partial charge < -0.3 is 19.9 Å². The first-order chi connectivity index (χ1) is 22.2. The van der Waals surface area contributed by atoms with Gasteiger partial charge in [0.05, 0.1) is 16.0 Å². The van der Waals surface area contributed by atoms with Crippen molar-refractivity contribution in [3.8, 4) is 0 Å². The summed E-state index contributed by atoms with van der Waals surface area (Å²) in [6, 6.07) is 27.0. The summed E-state index contributed by atoms with van der Waals surface area (Å²) in [5.74, 6) is -2.56. The Labute approximate surface area is 276 Å². The average molecular weight is 696 g/mol. The van der Waals surface area contributed by atoms with Crippen LogP contribution >= 0.6 is 15.9 Å². The Bertz CT molecular complexity index is 1590. The lowest BCUT2D eigenvalue weighted by Crippen LogP contribution is -2.49. The Balaban J connectivity index is 0.000000270. The van der Waals surface area contributed by atoms with Crippen LogP contribution in [0.3, 0.4) is 0 Å². The number of carboxylic acids is 1. The first-order valence-corrected chi connectivity index (χ1v) is 15.8. The van der Waals surface area contributed by atoms with E-state index in [1.54, 1.807) is 18.2 Å². The molecule has 0 aliphatic carbocycles. The number of likely N-dealkylation sites (tertiary alicyclic amines) is 1. The minimum atomic E-state index is -0.803. The highest BCUT2D eigenvalue weighted by Crippen LogP contribution is 2.24. The summed E-state index contributed by atoms with van der Waals surface area (Å²) in [6.45, 7) is 6.19. The van der Waals surface area contributed by atoms with Crippen LogP contribution in [-0.2, 0) is 27.2 Å². The van der Waals surface area contributed by atoms with Gasteiger partial charge in [0.15, 0.2) is 6.29 Å². The van der Waals surface area contributed by atoms with E-state index in [2.05, 4.69) is 33.4 Å². The van der Waals surface area contributed by atoms with E-state index in [0.717, 1.165) is 12.0 Å². The molecule has 1 amide bonds. The van der Waals surface area contributed by atoms with Gasteiger partial charge in [-0.3, -0.25) is 14.5 Å². The van der Waals surface area contributed by atoms with Crippen LogP contribution in [0.25, 0.3) is 0 Å². The van der Waals surface area contributed by atoms with Crippen LogP contribution < -0.4 is 5.32 Å². The third-order valence-electron chi connectivity index (χ3n) is 7.31. The van der Waals surface area contributed by atoms with Gasteiger partial charge in [0.1, 0.15) is 11.6 Å². The molecular weight excluding hydrogens is 658 g/mol. The van der Waals surface area contributed by atoms with Crippen LogP contribution in [0.2, 0.25) is 0 Å². The molecule has 4 aromatic rings. The number of benzene rings is 4. The quantitative estimate of drug-likeness (QED) is 0.147. The lowest BCUT2D eigenvalue weighted by Gasteiger charge is -2.36. The summed E-state index contributed by atoms with van der Waals surface area (Å²) in [7, 11) is 0. The Morgan fingerprint density at radius 1 is 0.870 bits per heavy atom. The molecule has 10 heteroatoms. The molecule has 242 valence electrons. The average Bonchev–Trinajstić information content (AvgIpc) is 3.01. The molecule has 1 saturated heterocycles. The Morgan fingerprint density at radius 3 is 2.09 bits per heavy atom. The second-order valence-corrected chi connectivity index (χ2v) is 11.6. The van der Waals surface area contributed by atoms with Gasteiger partial charge in [-0.05, 0) is 89.3 Å². The van der Waals surface area contributed by atoms with Gasteiger partial charge in [-0.25, -0.2) is 8.78 Å². The molecule has 46 heavy (non-hydrogen) atoms. The fraction of sp³-hybridized carbons (Fsp3) is 0.278. The number of hydrogen-bond donors (Lipinski definition) is 2. The number of anilines is 1. The normalized spacial score (nSPS) is 13.1. The molecule has 2 N–H and O–H groups in total. The van der Waals surface area contributed by atoms with Crippen molar-refractivity contribution in [2.45, 2.75) is 33.1 Å². The van der Waals surface area contributed by atoms with Gasteiger partial charge in [0.2, 0.25) is 0 Å². The van der Waals surface area contributed by atoms with Crippen LogP contribution in [0, 0.1) is 17.6 Å². The van der Waals surface area contributed by atoms with Gasteiger partial charge in [-0.15, -0.1) is 0 Å². The summed E-state index contributed by atoms with van der Waals surface area (Å²) in [6.07, 6.45) is 0.317. The number of hydrogen-bond acceptors (Lipinski definition) is 5. The second-order valence-electron chi connectivity index (χ2n) is 10.8. The number of rotatable bonds is 12. The zero-order valence-corrected chi connectivity index (χ0v) is 27.3. The molecule has 1 heterocycles. The molecule has 0 spiro atoms. The fourth-order valence-electron chi connectivity index (χ4n) is 4.89. The number of nitrogens with zero attached hydrogens (tertiary/aromatic N) is 1. The molecular formula is C36H37BrF2N2O5. The van der Waals surface area contributed by atoms with Crippen molar-refractivity contribution in [3.05, 3.63) is 135 Å². The first-order valence-electron chi connectivity index (χ1n) is 15.0. The number of nitrogens with one attached hydrogen (secondary N) is 1. The van der Waals surface area contributed by atoms with Crippen LogP contribution in [-0.4, -0.2) is 48.2 Å². The minimum Gasteiger partial charge on any atom is -0.481 e. The number of amides is 1. The molecule has 0 saturated carbocycles. The molecule has 1 fully saturated rings. The van der Waals surface area contributed by atoms with Crippen LogP contribution in [0.15, 0.2) is 95.5 Å². The smallest absolute Gasteiger partial charge is 0.309 e. The maximum atomic E-state index is 14.5. The summed E-state index contributed by atoms with van der Waals surface area (Å²) in [5, 5.41) is 11.7. The van der Waals surface area contributed by atoms with E-state index in [9.17, 15) is 18.4 Å². The monoisotopic (exact) mass is 694 g/mol. The third kappa shape index (κ3) is 10.0. The summed E-state index contributed by atoms with van der Waals surface area (Å²) < 4.78 is 38.9. The van der Waals surface area contributed by atoms with E-state index in [0.29, 0.717) is 54.1 Å². The summed E-state index contributed by atoms with van der Waals surface area (Å²) in [4.78, 5) is 25.3. The molecule has 0 radical (unpaired) electrons. The highest BCUT2D eigenvalue weighted by atomic mass is 79.9. The highest BCUT2D eigenvalue weighted by Gasteiger charge is 2.32. The minimum absolute atomic E-state index is 0.0239. The molecule has 5 rings (SSSR count). The first kappa shape index (κ1) is 34.9. The molecule has 1 aliphatic rings. The zero-order valence-electron chi connectivity index (χ0n) is 25.7. The topological polar surface area (TPSA) is 88.1 Å². The predicted molar refractivity (Wildman–Crippen MR) is 177 cm³/mol. The number of ether oxygens (including phenoxy) is 2. The van der Waals surface area contributed by atoms with Crippen molar-refractivity contribution < 1.29 is 33.0 Å². The number of carbonyl (C=O) groups is 2. The van der Waals surface area contributed by atoms with Gasteiger partial charge in [-0.1, -0.05) is 54.6 Å². The standard InChI is InChI=1S/C25H23FN2O3.C11H14BrFO2/c26-23-13-19(14-28-15-20(16-28)25(30)31)8-11-22(23)24(29)27-21-9-6-18(7-10-21)12-17-4-2-1-3-5-17;1-3-14-11(15-4-2)8-5-6-9(12)10(13)7-8/h1-11,13,20H,12,14-16H2,(H,27,29)(H,30,31);5-7,11H,3-4H2,1-2H3. The Morgan fingerprint density at radius 2 is 1.50 bits per heavy atom. The number of carbonyl (C=O) groups excluding carboxylic acids is 1. The molecule has 0 bridgehead atoms. The van der Waals surface area contributed by atoms with Crippen molar-refractivity contribution in [3.63, 3.8) is 0 Å². The molecule has 7 nitrogen and oxygen atoms in total. The van der Waals surface area contributed by atoms with E-state index < -0.39 is 24.0 Å². The van der Waals surface area contributed by atoms with Crippen molar-refractivity contribution in [1.29, 1.82) is 0 Å². The fourth-order valence-corrected chi connectivity index (χ4v) is 5.14. The van der Waals surface area contributed by atoms with Gasteiger partial charge in [0.25, 0.3) is 5.91 Å². The third-order valence-corrected chi connectivity index (χ3v) is 7.95. The van der Waals surface area contributed by atoms with E-state index >= 15 is 0 Å². The Kier molecular flexibility index (Phi) is 13.0. The number of aliphatic carboxylic acids is 1. The number of halogens is 3. The summed E-state index contributed by atoms with van der Waals surface area (Å²) >= 11 is 3.10. The van der Waals surface area contributed by atoms with Crippen molar-refractivity contribution in [1.82, 2.24) is 4.90 Å². The van der Waals surface area contributed by atoms with Gasteiger partial charge in [-0.2, -0.15) is 0 Å². The van der Waals surface area contributed by atoms with Crippen molar-refractivity contribution in [2.24, 2.45) is 5.92 Å². The van der Waals surface area contributed by atoms with Crippen LogP contribution in [0.5, 0.6) is 0 Å². The molecule has 0 aromatic heterocycles. The molecule has 0 unspecified atom stereocenters. The van der Waals surface area contributed by atoms with Crippen LogP contribution in [0.1, 0.15) is 52.7 Å². The van der Waals surface area contributed by atoms with Crippen LogP contribution in [0.4, 0.5) is 14.5 Å². The molecule has 0 atom stereocenters. The predicted octanol–water partition coefficient (Wildman–Crippen LogP) is 7.85. The SMILES string of the molecule is CCOC(OCC)c1ccc(Br)c(F)c1.O=C(Nc1ccc(Cc2ccccc2)cc1)c1ccc(CN2CC(C(=O)O)C2)cc1F. The molecule has 4 aromatic carbocycles. The molecule has 1 aliphatic heterocycles. The number of carboxylic acid groups (broad SMARTS) is 1. The largest absolute Gasteiger partial charge is 0.481 e. The van der Waals surface area contributed by atoms with Crippen molar-refractivity contribution >= 4 is 33.5 Å². The van der Waals surface area contributed by atoms with E-state index in [-0.39, 0.29) is 17.3 Å². The lowest BCUT2D eigenvalue weighted by atomic mass is 9.99.